The summed E-state index contributed by atoms with van der Waals surface area (Å²) in [5.41, 5.74) is 0.399. The molecule has 3 heterocycles. The maximum absolute atomic E-state index is 12.8. The molecule has 0 bridgehead atoms. The third-order valence-corrected chi connectivity index (χ3v) is 5.31. The first-order valence-corrected chi connectivity index (χ1v) is 9.40. The molecule has 1 atom stereocenters. The Labute approximate surface area is 155 Å². The average Bonchev–Trinajstić information content (AvgIpc) is 2.85. The molecule has 7 heteroatoms. The molecule has 1 aromatic heterocycles. The maximum Gasteiger partial charge on any atom is 0.326 e. The lowest BCUT2D eigenvalue weighted by molar-refractivity contribution is -0.132. The van der Waals surface area contributed by atoms with Gasteiger partial charge in [0.05, 0.1) is 6.67 Å². The van der Waals surface area contributed by atoms with E-state index < -0.39 is 5.54 Å². The minimum absolute atomic E-state index is 0.0975. The molecule has 26 heavy (non-hydrogen) atoms. The predicted molar refractivity (Wildman–Crippen MR) is 101 cm³/mol. The SMILES string of the molecule is CC(C)CC[C@@]1(C)NC(=O)N(CN2CCN(c3ccncc3)CC2)C1=O. The Balaban J connectivity index is 1.55. The van der Waals surface area contributed by atoms with Crippen LogP contribution >= 0.6 is 0 Å². The quantitative estimate of drug-likeness (QED) is 0.786. The summed E-state index contributed by atoms with van der Waals surface area (Å²) >= 11 is 0. The molecule has 142 valence electrons. The first-order valence-electron chi connectivity index (χ1n) is 9.40. The van der Waals surface area contributed by atoms with Crippen LogP contribution in [-0.2, 0) is 4.79 Å². The van der Waals surface area contributed by atoms with Gasteiger partial charge in [0.15, 0.2) is 0 Å². The zero-order valence-corrected chi connectivity index (χ0v) is 15.9. The van der Waals surface area contributed by atoms with Crippen LogP contribution in [0.2, 0.25) is 0 Å². The largest absolute Gasteiger partial charge is 0.369 e. The van der Waals surface area contributed by atoms with Gasteiger partial charge in [0.25, 0.3) is 5.91 Å². The van der Waals surface area contributed by atoms with Crippen molar-refractivity contribution in [3.63, 3.8) is 0 Å². The van der Waals surface area contributed by atoms with E-state index in [1.54, 1.807) is 12.4 Å². The standard InChI is InChI=1S/C19H29N5O2/c1-15(2)4-7-19(3)17(25)24(18(26)21-19)14-22-10-12-23(13-11-22)16-5-8-20-9-6-16/h5-6,8-9,15H,4,7,10-14H2,1-3H3,(H,21,26)/t19-/m1/s1. The Morgan fingerprint density at radius 1 is 1.15 bits per heavy atom. The van der Waals surface area contributed by atoms with Crippen molar-refractivity contribution in [2.24, 2.45) is 5.92 Å². The Kier molecular flexibility index (Phi) is 5.46. The number of anilines is 1. The normalized spacial score (nSPS) is 24.5. The predicted octanol–water partition coefficient (Wildman–Crippen LogP) is 1.91. The molecule has 3 amide bonds. The molecule has 2 aliphatic heterocycles. The molecule has 2 saturated heterocycles. The number of nitrogens with zero attached hydrogens (tertiary/aromatic N) is 4. The van der Waals surface area contributed by atoms with Gasteiger partial charge in [-0.15, -0.1) is 0 Å². The summed E-state index contributed by atoms with van der Waals surface area (Å²) in [4.78, 5) is 35.1. The highest BCUT2D eigenvalue weighted by atomic mass is 16.2. The van der Waals surface area contributed by atoms with Crippen molar-refractivity contribution in [2.45, 2.75) is 39.2 Å². The van der Waals surface area contributed by atoms with Gasteiger partial charge in [-0.05, 0) is 37.8 Å². The number of piperazine rings is 1. The van der Waals surface area contributed by atoms with Crippen molar-refractivity contribution in [3.05, 3.63) is 24.5 Å². The summed E-state index contributed by atoms with van der Waals surface area (Å²) in [7, 11) is 0. The number of aromatic nitrogens is 1. The van der Waals surface area contributed by atoms with Gasteiger partial charge in [-0.1, -0.05) is 13.8 Å². The van der Waals surface area contributed by atoms with Crippen molar-refractivity contribution >= 4 is 17.6 Å². The van der Waals surface area contributed by atoms with E-state index in [1.165, 1.54) is 4.90 Å². The van der Waals surface area contributed by atoms with Gasteiger partial charge < -0.3 is 10.2 Å². The summed E-state index contributed by atoms with van der Waals surface area (Å²) in [5, 5.41) is 2.90. The first kappa shape index (κ1) is 18.6. The van der Waals surface area contributed by atoms with Crippen LogP contribution in [0, 0.1) is 5.92 Å². The van der Waals surface area contributed by atoms with Gasteiger partial charge in [-0.3, -0.25) is 14.7 Å². The van der Waals surface area contributed by atoms with Crippen LogP contribution in [0.3, 0.4) is 0 Å². The molecule has 0 radical (unpaired) electrons. The number of pyridine rings is 1. The highest BCUT2D eigenvalue weighted by Gasteiger charge is 2.47. The van der Waals surface area contributed by atoms with Crippen LogP contribution in [0.5, 0.6) is 0 Å². The molecule has 0 spiro atoms. The lowest BCUT2D eigenvalue weighted by atomic mass is 9.92. The first-order chi connectivity index (χ1) is 12.4. The molecule has 0 aromatic carbocycles. The van der Waals surface area contributed by atoms with Gasteiger partial charge in [0.2, 0.25) is 0 Å². The topological polar surface area (TPSA) is 68.8 Å². The molecule has 2 fully saturated rings. The molecular weight excluding hydrogens is 330 g/mol. The minimum atomic E-state index is -0.764. The number of urea groups is 1. The zero-order chi connectivity index (χ0) is 18.7. The number of carbonyl (C=O) groups is 2. The summed E-state index contributed by atoms with van der Waals surface area (Å²) in [6.45, 7) is 9.86. The van der Waals surface area contributed by atoms with Crippen LogP contribution in [0.25, 0.3) is 0 Å². The van der Waals surface area contributed by atoms with E-state index >= 15 is 0 Å². The molecule has 0 saturated carbocycles. The third kappa shape index (κ3) is 3.98. The number of amides is 3. The third-order valence-electron chi connectivity index (χ3n) is 5.31. The van der Waals surface area contributed by atoms with Gasteiger partial charge in [0.1, 0.15) is 5.54 Å². The lowest BCUT2D eigenvalue weighted by Gasteiger charge is -2.37. The molecule has 1 aromatic rings. The van der Waals surface area contributed by atoms with Crippen LogP contribution in [0.1, 0.15) is 33.6 Å². The Bertz CT molecular complexity index is 643. The van der Waals surface area contributed by atoms with E-state index in [9.17, 15) is 9.59 Å². The maximum atomic E-state index is 12.8. The van der Waals surface area contributed by atoms with E-state index in [0.29, 0.717) is 19.0 Å². The van der Waals surface area contributed by atoms with E-state index in [-0.39, 0.29) is 11.9 Å². The molecule has 0 unspecified atom stereocenters. The summed E-state index contributed by atoms with van der Waals surface area (Å²) in [6.07, 6.45) is 5.20. The van der Waals surface area contributed by atoms with Crippen molar-refractivity contribution in [1.29, 1.82) is 0 Å². The zero-order valence-electron chi connectivity index (χ0n) is 15.9. The molecule has 1 N–H and O–H groups in total. The molecular formula is C19H29N5O2. The van der Waals surface area contributed by atoms with Gasteiger partial charge >= 0.3 is 6.03 Å². The average molecular weight is 359 g/mol. The Hall–Kier alpha value is -2.15. The highest BCUT2D eigenvalue weighted by Crippen LogP contribution is 2.25. The van der Waals surface area contributed by atoms with Gasteiger partial charge in [-0.2, -0.15) is 0 Å². The lowest BCUT2D eigenvalue weighted by Crippen LogP contribution is -2.52. The molecule has 3 rings (SSSR count). The summed E-state index contributed by atoms with van der Waals surface area (Å²) in [5.74, 6) is 0.409. The van der Waals surface area contributed by atoms with Crippen LogP contribution in [-0.4, -0.2) is 65.1 Å². The Morgan fingerprint density at radius 3 is 2.42 bits per heavy atom. The van der Waals surface area contributed by atoms with Crippen LogP contribution in [0.15, 0.2) is 24.5 Å². The molecule has 7 nitrogen and oxygen atoms in total. The van der Waals surface area contributed by atoms with Gasteiger partial charge in [0, 0.05) is 44.3 Å². The fourth-order valence-corrected chi connectivity index (χ4v) is 3.52. The summed E-state index contributed by atoms with van der Waals surface area (Å²) in [6, 6.07) is 3.75. The fraction of sp³-hybridized carbons (Fsp3) is 0.632. The number of nitrogens with one attached hydrogen (secondary N) is 1. The van der Waals surface area contributed by atoms with Crippen molar-refractivity contribution in [1.82, 2.24) is 20.1 Å². The van der Waals surface area contributed by atoms with Crippen LogP contribution in [0.4, 0.5) is 10.5 Å². The highest BCUT2D eigenvalue weighted by molar-refractivity contribution is 6.06. The fourth-order valence-electron chi connectivity index (χ4n) is 3.52. The molecule has 0 aliphatic carbocycles. The van der Waals surface area contributed by atoms with Crippen molar-refractivity contribution in [3.8, 4) is 0 Å². The smallest absolute Gasteiger partial charge is 0.326 e. The summed E-state index contributed by atoms with van der Waals surface area (Å²) < 4.78 is 0. The van der Waals surface area contributed by atoms with E-state index in [2.05, 4.69) is 33.9 Å². The Morgan fingerprint density at radius 2 is 1.81 bits per heavy atom. The number of hydrogen-bond donors (Lipinski definition) is 1. The monoisotopic (exact) mass is 359 g/mol. The van der Waals surface area contributed by atoms with E-state index in [4.69, 9.17) is 0 Å². The van der Waals surface area contributed by atoms with Gasteiger partial charge in [-0.25, -0.2) is 9.69 Å². The van der Waals surface area contributed by atoms with Crippen molar-refractivity contribution < 1.29 is 9.59 Å². The molecule has 2 aliphatic rings. The minimum Gasteiger partial charge on any atom is -0.369 e. The van der Waals surface area contributed by atoms with E-state index in [1.807, 2.05) is 19.1 Å². The van der Waals surface area contributed by atoms with E-state index in [0.717, 1.165) is 38.3 Å². The second-order valence-corrected chi connectivity index (χ2v) is 7.88. The second kappa shape index (κ2) is 7.61. The number of carbonyl (C=O) groups excluding carboxylic acids is 2. The number of rotatable bonds is 6. The second-order valence-electron chi connectivity index (χ2n) is 7.88. The van der Waals surface area contributed by atoms with Crippen LogP contribution < -0.4 is 10.2 Å². The number of hydrogen-bond acceptors (Lipinski definition) is 5. The van der Waals surface area contributed by atoms with Crippen molar-refractivity contribution in [2.75, 3.05) is 37.7 Å². The number of imide groups is 1.